The van der Waals surface area contributed by atoms with Crippen LogP contribution in [0.15, 0.2) is 42.6 Å². The van der Waals surface area contributed by atoms with Crippen LogP contribution in [0.3, 0.4) is 0 Å². The number of carbonyl (C=O) groups is 2. The maximum Gasteiger partial charge on any atom is 0.270 e. The second-order valence-electron chi connectivity index (χ2n) is 6.16. The predicted octanol–water partition coefficient (Wildman–Crippen LogP) is 2.69. The van der Waals surface area contributed by atoms with Crippen LogP contribution in [0, 0.1) is 0 Å². The Balaban J connectivity index is 1.59. The van der Waals surface area contributed by atoms with Crippen molar-refractivity contribution in [1.29, 1.82) is 0 Å². The third kappa shape index (κ3) is 5.03. The lowest BCUT2D eigenvalue weighted by Gasteiger charge is -2.11. The highest BCUT2D eigenvalue weighted by atomic mass is 16.5. The van der Waals surface area contributed by atoms with Crippen LogP contribution >= 0.6 is 0 Å². The first-order chi connectivity index (χ1) is 12.6. The van der Waals surface area contributed by atoms with Gasteiger partial charge in [0.1, 0.15) is 5.69 Å². The topological polar surface area (TPSA) is 92.4 Å². The van der Waals surface area contributed by atoms with Crippen LogP contribution in [-0.4, -0.2) is 36.1 Å². The summed E-state index contributed by atoms with van der Waals surface area (Å²) in [4.78, 5) is 27.4. The van der Waals surface area contributed by atoms with Gasteiger partial charge in [0.2, 0.25) is 5.91 Å². The highest BCUT2D eigenvalue weighted by molar-refractivity contribution is 5.93. The summed E-state index contributed by atoms with van der Waals surface area (Å²) in [5.41, 5.74) is 2.68. The largest absolute Gasteiger partial charge is 0.376 e. The number of amides is 2. The van der Waals surface area contributed by atoms with E-state index in [-0.39, 0.29) is 17.9 Å². The van der Waals surface area contributed by atoms with Crippen molar-refractivity contribution in [3.05, 3.63) is 48.3 Å². The van der Waals surface area contributed by atoms with E-state index in [1.165, 1.54) is 6.92 Å². The highest BCUT2D eigenvalue weighted by Crippen LogP contribution is 2.19. The van der Waals surface area contributed by atoms with Crippen LogP contribution in [0.4, 0.5) is 17.1 Å². The van der Waals surface area contributed by atoms with Gasteiger partial charge in [0.25, 0.3) is 5.91 Å². The Morgan fingerprint density at radius 1 is 1.15 bits per heavy atom. The number of anilines is 3. The summed E-state index contributed by atoms with van der Waals surface area (Å²) < 4.78 is 5.50. The van der Waals surface area contributed by atoms with Gasteiger partial charge in [-0.25, -0.2) is 0 Å². The van der Waals surface area contributed by atoms with Crippen molar-refractivity contribution in [2.75, 3.05) is 23.8 Å². The number of rotatable bonds is 6. The number of nitrogens with one attached hydrogen (secondary N) is 3. The maximum absolute atomic E-state index is 12.3. The smallest absolute Gasteiger partial charge is 0.270 e. The van der Waals surface area contributed by atoms with Crippen LogP contribution in [0.25, 0.3) is 0 Å². The molecule has 26 heavy (non-hydrogen) atoms. The van der Waals surface area contributed by atoms with E-state index in [0.29, 0.717) is 12.2 Å². The molecule has 0 radical (unpaired) electrons. The molecule has 0 saturated carbocycles. The van der Waals surface area contributed by atoms with E-state index in [2.05, 4.69) is 20.9 Å². The van der Waals surface area contributed by atoms with E-state index in [1.54, 1.807) is 30.5 Å². The van der Waals surface area contributed by atoms with Crippen LogP contribution in [0.1, 0.15) is 30.3 Å². The molecular formula is C19H22N4O3. The Kier molecular flexibility index (Phi) is 5.80. The maximum atomic E-state index is 12.3. The van der Waals surface area contributed by atoms with Gasteiger partial charge >= 0.3 is 0 Å². The number of pyridine rings is 1. The zero-order chi connectivity index (χ0) is 18.4. The molecule has 2 amide bonds. The molecule has 3 N–H and O–H groups in total. The molecular weight excluding hydrogens is 332 g/mol. The van der Waals surface area contributed by atoms with Crippen LogP contribution in [0.2, 0.25) is 0 Å². The average Bonchev–Trinajstić information content (AvgIpc) is 3.15. The molecule has 1 atom stereocenters. The van der Waals surface area contributed by atoms with Crippen LogP contribution in [0.5, 0.6) is 0 Å². The first-order valence-electron chi connectivity index (χ1n) is 8.61. The summed E-state index contributed by atoms with van der Waals surface area (Å²) in [5, 5.41) is 8.80. The standard InChI is InChI=1S/C19H22N4O3/c1-13(24)22-14-4-6-15(7-5-14)23-16-8-9-20-18(11-16)19(25)21-12-17-3-2-10-26-17/h4-9,11,17H,2-3,10,12H2,1H3,(H,20,23)(H,21,25)(H,22,24). The molecule has 1 aromatic carbocycles. The summed E-state index contributed by atoms with van der Waals surface area (Å²) >= 11 is 0. The number of benzene rings is 1. The molecule has 1 fully saturated rings. The van der Waals surface area contributed by atoms with Gasteiger partial charge in [-0.2, -0.15) is 0 Å². The fraction of sp³-hybridized carbons (Fsp3) is 0.316. The van der Waals surface area contributed by atoms with Gasteiger partial charge in [0.05, 0.1) is 6.10 Å². The van der Waals surface area contributed by atoms with E-state index in [1.807, 2.05) is 12.1 Å². The lowest BCUT2D eigenvalue weighted by molar-refractivity contribution is -0.114. The number of carbonyl (C=O) groups excluding carboxylic acids is 2. The quantitative estimate of drug-likeness (QED) is 0.742. The van der Waals surface area contributed by atoms with Gasteiger partial charge in [0.15, 0.2) is 0 Å². The van der Waals surface area contributed by atoms with Crippen molar-refractivity contribution in [1.82, 2.24) is 10.3 Å². The normalized spacial score (nSPS) is 16.1. The molecule has 7 nitrogen and oxygen atoms in total. The highest BCUT2D eigenvalue weighted by Gasteiger charge is 2.17. The Morgan fingerprint density at radius 2 is 1.92 bits per heavy atom. The summed E-state index contributed by atoms with van der Waals surface area (Å²) in [6.45, 7) is 2.73. The molecule has 3 rings (SSSR count). The Morgan fingerprint density at radius 3 is 2.62 bits per heavy atom. The lowest BCUT2D eigenvalue weighted by atomic mass is 10.2. The molecule has 0 spiro atoms. The second kappa shape index (κ2) is 8.44. The van der Waals surface area contributed by atoms with Crippen molar-refractivity contribution >= 4 is 28.9 Å². The van der Waals surface area contributed by atoms with Crippen molar-refractivity contribution in [3.63, 3.8) is 0 Å². The van der Waals surface area contributed by atoms with E-state index in [9.17, 15) is 9.59 Å². The van der Waals surface area contributed by atoms with E-state index < -0.39 is 0 Å². The van der Waals surface area contributed by atoms with Crippen molar-refractivity contribution < 1.29 is 14.3 Å². The molecule has 2 aromatic rings. The summed E-state index contributed by atoms with van der Waals surface area (Å²) in [6.07, 6.45) is 3.71. The first-order valence-corrected chi connectivity index (χ1v) is 8.61. The predicted molar refractivity (Wildman–Crippen MR) is 99.6 cm³/mol. The number of aromatic nitrogens is 1. The summed E-state index contributed by atoms with van der Waals surface area (Å²) in [5.74, 6) is -0.330. The average molecular weight is 354 g/mol. The zero-order valence-corrected chi connectivity index (χ0v) is 14.6. The first kappa shape index (κ1) is 17.9. The van der Waals surface area contributed by atoms with E-state index >= 15 is 0 Å². The Hall–Kier alpha value is -2.93. The molecule has 0 bridgehead atoms. The molecule has 1 aromatic heterocycles. The third-order valence-electron chi connectivity index (χ3n) is 4.00. The van der Waals surface area contributed by atoms with Crippen LogP contribution in [-0.2, 0) is 9.53 Å². The van der Waals surface area contributed by atoms with Crippen molar-refractivity contribution in [2.45, 2.75) is 25.9 Å². The van der Waals surface area contributed by atoms with Gasteiger partial charge in [-0.3, -0.25) is 14.6 Å². The molecule has 1 aliphatic heterocycles. The van der Waals surface area contributed by atoms with Gasteiger partial charge in [-0.1, -0.05) is 0 Å². The SMILES string of the molecule is CC(=O)Nc1ccc(Nc2ccnc(C(=O)NCC3CCCO3)c2)cc1. The fourth-order valence-corrected chi connectivity index (χ4v) is 2.74. The molecule has 7 heteroatoms. The number of hydrogen-bond acceptors (Lipinski definition) is 5. The Bertz CT molecular complexity index is 771. The van der Waals surface area contributed by atoms with Gasteiger partial charge in [-0.15, -0.1) is 0 Å². The third-order valence-corrected chi connectivity index (χ3v) is 4.00. The minimum Gasteiger partial charge on any atom is -0.376 e. The minimum absolute atomic E-state index is 0.0994. The number of hydrogen-bond donors (Lipinski definition) is 3. The minimum atomic E-state index is -0.217. The fourth-order valence-electron chi connectivity index (χ4n) is 2.74. The molecule has 2 heterocycles. The molecule has 136 valence electrons. The van der Waals surface area contributed by atoms with Crippen LogP contribution < -0.4 is 16.0 Å². The Labute approximate surface area is 152 Å². The van der Waals surface area contributed by atoms with Gasteiger partial charge in [0, 0.05) is 43.3 Å². The molecule has 1 unspecified atom stereocenters. The number of ether oxygens (including phenoxy) is 1. The number of nitrogens with zero attached hydrogens (tertiary/aromatic N) is 1. The molecule has 0 aliphatic carbocycles. The molecule has 1 saturated heterocycles. The monoisotopic (exact) mass is 354 g/mol. The van der Waals surface area contributed by atoms with E-state index in [0.717, 1.165) is 36.5 Å². The van der Waals surface area contributed by atoms with E-state index in [4.69, 9.17) is 4.74 Å². The zero-order valence-electron chi connectivity index (χ0n) is 14.6. The summed E-state index contributed by atoms with van der Waals surface area (Å²) in [7, 11) is 0. The van der Waals surface area contributed by atoms with Gasteiger partial charge in [-0.05, 0) is 49.2 Å². The van der Waals surface area contributed by atoms with Crippen molar-refractivity contribution in [2.24, 2.45) is 0 Å². The van der Waals surface area contributed by atoms with Crippen molar-refractivity contribution in [3.8, 4) is 0 Å². The lowest BCUT2D eigenvalue weighted by Crippen LogP contribution is -2.32. The van der Waals surface area contributed by atoms with Gasteiger partial charge < -0.3 is 20.7 Å². The molecule has 1 aliphatic rings. The second-order valence-corrected chi connectivity index (χ2v) is 6.16. The summed E-state index contributed by atoms with van der Waals surface area (Å²) in [6, 6.07) is 10.8.